The van der Waals surface area contributed by atoms with Gasteiger partial charge in [-0.25, -0.2) is 4.79 Å². The maximum atomic E-state index is 12.3. The molecule has 0 bridgehead atoms. The van der Waals surface area contributed by atoms with E-state index in [2.05, 4.69) is 0 Å². The Balaban J connectivity index is 2.55. The van der Waals surface area contributed by atoms with Crippen molar-refractivity contribution >= 4 is 17.9 Å². The minimum atomic E-state index is -0.913. The molecule has 3 amide bonds. The molecule has 0 saturated carbocycles. The van der Waals surface area contributed by atoms with Crippen molar-refractivity contribution in [3.05, 3.63) is 0 Å². The first-order valence-electron chi connectivity index (χ1n) is 6.92. The van der Waals surface area contributed by atoms with E-state index < -0.39 is 11.9 Å². The van der Waals surface area contributed by atoms with Gasteiger partial charge in [0.2, 0.25) is 5.91 Å². The summed E-state index contributed by atoms with van der Waals surface area (Å²) in [5, 5.41) is 8.91. The third-order valence-corrected chi connectivity index (χ3v) is 3.74. The van der Waals surface area contributed by atoms with Crippen LogP contribution in [-0.2, 0) is 9.59 Å². The van der Waals surface area contributed by atoms with Crippen LogP contribution in [0.4, 0.5) is 4.79 Å². The number of nitrogens with two attached hydrogens (primary N) is 1. The zero-order valence-electron chi connectivity index (χ0n) is 12.0. The normalized spacial score (nSPS) is 17.6. The van der Waals surface area contributed by atoms with Crippen molar-refractivity contribution in [2.45, 2.75) is 26.7 Å². The van der Waals surface area contributed by atoms with E-state index in [1.54, 1.807) is 11.8 Å². The Hall–Kier alpha value is -1.79. The van der Waals surface area contributed by atoms with Crippen LogP contribution in [0.3, 0.4) is 0 Å². The smallest absolute Gasteiger partial charge is 0.320 e. The van der Waals surface area contributed by atoms with Gasteiger partial charge in [0.05, 0.1) is 5.92 Å². The Labute approximate surface area is 118 Å². The van der Waals surface area contributed by atoms with Crippen molar-refractivity contribution in [3.8, 4) is 0 Å². The van der Waals surface area contributed by atoms with E-state index in [0.29, 0.717) is 32.5 Å². The number of hydrogen-bond donors (Lipinski definition) is 2. The van der Waals surface area contributed by atoms with Crippen LogP contribution >= 0.6 is 0 Å². The van der Waals surface area contributed by atoms with Crippen molar-refractivity contribution in [3.63, 3.8) is 0 Å². The minimum absolute atomic E-state index is 0.160. The molecule has 7 heteroatoms. The molecular formula is C13H23N3O4. The molecule has 0 aromatic heterocycles. The Bertz CT molecular complexity index is 378. The molecule has 7 nitrogen and oxygen atoms in total. The third kappa shape index (κ3) is 4.11. The second-order valence-corrected chi connectivity index (χ2v) is 5.22. The van der Waals surface area contributed by atoms with Crippen LogP contribution in [0, 0.1) is 11.8 Å². The minimum Gasteiger partial charge on any atom is -0.481 e. The quantitative estimate of drug-likeness (QED) is 0.760. The largest absolute Gasteiger partial charge is 0.481 e. The maximum Gasteiger partial charge on any atom is 0.320 e. The predicted octanol–water partition coefficient (Wildman–Crippen LogP) is 0.346. The van der Waals surface area contributed by atoms with Gasteiger partial charge < -0.3 is 20.6 Å². The van der Waals surface area contributed by atoms with Gasteiger partial charge in [-0.15, -0.1) is 0 Å². The fraction of sp³-hybridized carbons (Fsp3) is 0.769. The molecule has 1 fully saturated rings. The summed E-state index contributed by atoms with van der Waals surface area (Å²) in [5.41, 5.74) is 5.26. The van der Waals surface area contributed by atoms with Gasteiger partial charge in [0.1, 0.15) is 0 Å². The SMILES string of the molecule is CCN(CC(C)C(=O)O)C(=O)N1CCC(C(N)=O)CC1. The Morgan fingerprint density at radius 2 is 1.90 bits per heavy atom. The number of amides is 3. The molecule has 1 aliphatic rings. The van der Waals surface area contributed by atoms with E-state index in [4.69, 9.17) is 10.8 Å². The molecule has 114 valence electrons. The highest BCUT2D eigenvalue weighted by Crippen LogP contribution is 2.18. The monoisotopic (exact) mass is 285 g/mol. The molecule has 1 aliphatic heterocycles. The van der Waals surface area contributed by atoms with E-state index >= 15 is 0 Å². The summed E-state index contributed by atoms with van der Waals surface area (Å²) in [7, 11) is 0. The number of piperidine rings is 1. The highest BCUT2D eigenvalue weighted by molar-refractivity contribution is 5.78. The van der Waals surface area contributed by atoms with Crippen LogP contribution < -0.4 is 5.73 Å². The summed E-state index contributed by atoms with van der Waals surface area (Å²) in [6.07, 6.45) is 1.15. The van der Waals surface area contributed by atoms with E-state index in [9.17, 15) is 14.4 Å². The number of primary amides is 1. The van der Waals surface area contributed by atoms with Crippen LogP contribution in [0.25, 0.3) is 0 Å². The molecule has 3 N–H and O–H groups in total. The average molecular weight is 285 g/mol. The number of hydrogen-bond acceptors (Lipinski definition) is 3. The second kappa shape index (κ2) is 7.12. The average Bonchev–Trinajstić information content (AvgIpc) is 2.43. The Morgan fingerprint density at radius 3 is 2.30 bits per heavy atom. The molecule has 20 heavy (non-hydrogen) atoms. The Kier molecular flexibility index (Phi) is 5.79. The summed E-state index contributed by atoms with van der Waals surface area (Å²) in [6, 6.07) is -0.163. The maximum absolute atomic E-state index is 12.3. The van der Waals surface area contributed by atoms with E-state index in [1.165, 1.54) is 4.90 Å². The van der Waals surface area contributed by atoms with Gasteiger partial charge in [-0.1, -0.05) is 6.92 Å². The van der Waals surface area contributed by atoms with Crippen molar-refractivity contribution in [1.82, 2.24) is 9.80 Å². The van der Waals surface area contributed by atoms with Gasteiger partial charge >= 0.3 is 12.0 Å². The van der Waals surface area contributed by atoms with Gasteiger partial charge in [-0.05, 0) is 19.8 Å². The lowest BCUT2D eigenvalue weighted by atomic mass is 9.96. The van der Waals surface area contributed by atoms with Gasteiger partial charge in [0, 0.05) is 32.1 Å². The molecule has 1 heterocycles. The summed E-state index contributed by atoms with van der Waals surface area (Å²) < 4.78 is 0. The van der Waals surface area contributed by atoms with E-state index in [1.807, 2.05) is 6.92 Å². The lowest BCUT2D eigenvalue weighted by Gasteiger charge is -2.35. The molecule has 1 unspecified atom stereocenters. The fourth-order valence-corrected chi connectivity index (χ4v) is 2.31. The standard InChI is InChI=1S/C13H23N3O4/c1-3-15(8-9(2)12(18)19)13(20)16-6-4-10(5-7-16)11(14)17/h9-10H,3-8H2,1-2H3,(H2,14,17)(H,18,19). The van der Waals surface area contributed by atoms with Gasteiger partial charge in [0.15, 0.2) is 0 Å². The number of nitrogens with zero attached hydrogens (tertiary/aromatic N) is 2. The van der Waals surface area contributed by atoms with Crippen molar-refractivity contribution in [2.75, 3.05) is 26.2 Å². The zero-order chi connectivity index (χ0) is 15.3. The number of urea groups is 1. The van der Waals surface area contributed by atoms with Gasteiger partial charge in [-0.2, -0.15) is 0 Å². The van der Waals surface area contributed by atoms with Crippen LogP contribution in [0.15, 0.2) is 0 Å². The lowest BCUT2D eigenvalue weighted by Crippen LogP contribution is -2.49. The first-order valence-corrected chi connectivity index (χ1v) is 6.92. The van der Waals surface area contributed by atoms with Crippen molar-refractivity contribution < 1.29 is 19.5 Å². The molecule has 0 aliphatic carbocycles. The van der Waals surface area contributed by atoms with Crippen LogP contribution in [0.5, 0.6) is 0 Å². The topological polar surface area (TPSA) is 104 Å². The lowest BCUT2D eigenvalue weighted by molar-refractivity contribution is -0.141. The van der Waals surface area contributed by atoms with Crippen LogP contribution in [0.2, 0.25) is 0 Å². The highest BCUT2D eigenvalue weighted by Gasteiger charge is 2.29. The Morgan fingerprint density at radius 1 is 1.35 bits per heavy atom. The second-order valence-electron chi connectivity index (χ2n) is 5.22. The number of rotatable bonds is 5. The summed E-state index contributed by atoms with van der Waals surface area (Å²) in [6.45, 7) is 5.04. The summed E-state index contributed by atoms with van der Waals surface area (Å²) in [4.78, 5) is 37.5. The van der Waals surface area contributed by atoms with Crippen LogP contribution in [-0.4, -0.2) is 59.0 Å². The first kappa shape index (κ1) is 16.3. The predicted molar refractivity (Wildman–Crippen MR) is 72.9 cm³/mol. The summed E-state index contributed by atoms with van der Waals surface area (Å²) in [5.74, 6) is -1.98. The molecule has 0 radical (unpaired) electrons. The zero-order valence-corrected chi connectivity index (χ0v) is 12.0. The molecule has 0 aromatic carbocycles. The van der Waals surface area contributed by atoms with Gasteiger partial charge in [0.25, 0.3) is 0 Å². The van der Waals surface area contributed by atoms with E-state index in [0.717, 1.165) is 0 Å². The summed E-state index contributed by atoms with van der Waals surface area (Å²) >= 11 is 0. The number of carbonyl (C=O) groups is 3. The molecule has 1 atom stereocenters. The first-order chi connectivity index (χ1) is 9.36. The molecule has 0 spiro atoms. The van der Waals surface area contributed by atoms with E-state index in [-0.39, 0.29) is 24.4 Å². The molecule has 1 saturated heterocycles. The van der Waals surface area contributed by atoms with Gasteiger partial charge in [-0.3, -0.25) is 9.59 Å². The fourth-order valence-electron chi connectivity index (χ4n) is 2.31. The third-order valence-electron chi connectivity index (χ3n) is 3.74. The number of carboxylic acids is 1. The molecule has 0 aromatic rings. The van der Waals surface area contributed by atoms with Crippen LogP contribution in [0.1, 0.15) is 26.7 Å². The number of aliphatic carboxylic acids is 1. The number of carboxylic acid groups (broad SMARTS) is 1. The highest BCUT2D eigenvalue weighted by atomic mass is 16.4. The number of carbonyl (C=O) groups excluding carboxylic acids is 2. The molecular weight excluding hydrogens is 262 g/mol. The van der Waals surface area contributed by atoms with Crippen molar-refractivity contribution in [2.24, 2.45) is 17.6 Å². The number of likely N-dealkylation sites (tertiary alicyclic amines) is 1. The van der Waals surface area contributed by atoms with Crippen molar-refractivity contribution in [1.29, 1.82) is 0 Å². The molecule has 1 rings (SSSR count).